The molecule has 0 bridgehead atoms. The predicted molar refractivity (Wildman–Crippen MR) is 76.4 cm³/mol. The molecule has 0 aromatic heterocycles. The molecule has 0 amide bonds. The summed E-state index contributed by atoms with van der Waals surface area (Å²) in [6.07, 6.45) is 2.54. The van der Waals surface area contributed by atoms with Crippen molar-refractivity contribution in [2.45, 2.75) is 66.0 Å². The van der Waals surface area contributed by atoms with Crippen molar-refractivity contribution in [3.63, 3.8) is 0 Å². The standard InChI is InChI=1S/C15H32N2/c1-7-15(6)11-16-14(8-12(2)3)10-17(15)9-13(4)5/h12-14,16H,7-11H2,1-6H3. The first-order chi connectivity index (χ1) is 7.87. The van der Waals surface area contributed by atoms with Crippen LogP contribution in [0.25, 0.3) is 0 Å². The second kappa shape index (κ2) is 6.19. The Hall–Kier alpha value is -0.0800. The summed E-state index contributed by atoms with van der Waals surface area (Å²) in [5.74, 6) is 1.55. The van der Waals surface area contributed by atoms with E-state index in [0.717, 1.165) is 18.4 Å². The lowest BCUT2D eigenvalue weighted by atomic mass is 9.89. The lowest BCUT2D eigenvalue weighted by molar-refractivity contribution is 0.0347. The number of nitrogens with one attached hydrogen (secondary N) is 1. The van der Waals surface area contributed by atoms with Crippen LogP contribution >= 0.6 is 0 Å². The van der Waals surface area contributed by atoms with E-state index in [2.05, 4.69) is 51.8 Å². The van der Waals surface area contributed by atoms with Gasteiger partial charge in [-0.2, -0.15) is 0 Å². The molecule has 1 saturated heterocycles. The Kier molecular flexibility index (Phi) is 5.46. The first-order valence-corrected chi connectivity index (χ1v) is 7.35. The highest BCUT2D eigenvalue weighted by atomic mass is 15.3. The summed E-state index contributed by atoms with van der Waals surface area (Å²) in [7, 11) is 0. The fourth-order valence-electron chi connectivity index (χ4n) is 2.84. The maximum atomic E-state index is 3.75. The van der Waals surface area contributed by atoms with Crippen LogP contribution in [0.4, 0.5) is 0 Å². The number of nitrogens with zero attached hydrogens (tertiary/aromatic N) is 1. The van der Waals surface area contributed by atoms with Crippen LogP contribution < -0.4 is 5.32 Å². The Labute approximate surface area is 108 Å². The van der Waals surface area contributed by atoms with E-state index in [1.807, 2.05) is 0 Å². The van der Waals surface area contributed by atoms with Gasteiger partial charge in [0.05, 0.1) is 0 Å². The van der Waals surface area contributed by atoms with E-state index in [1.54, 1.807) is 0 Å². The van der Waals surface area contributed by atoms with Gasteiger partial charge in [0.1, 0.15) is 0 Å². The van der Waals surface area contributed by atoms with Gasteiger partial charge in [0.25, 0.3) is 0 Å². The lowest BCUT2D eigenvalue weighted by Crippen LogP contribution is -2.63. The van der Waals surface area contributed by atoms with E-state index in [0.29, 0.717) is 11.6 Å². The van der Waals surface area contributed by atoms with Crippen molar-refractivity contribution >= 4 is 0 Å². The van der Waals surface area contributed by atoms with Crippen LogP contribution in [0.1, 0.15) is 54.4 Å². The molecular formula is C15H32N2. The zero-order valence-corrected chi connectivity index (χ0v) is 12.7. The molecule has 0 saturated carbocycles. The minimum atomic E-state index is 0.359. The fourth-order valence-corrected chi connectivity index (χ4v) is 2.84. The molecule has 1 heterocycles. The van der Waals surface area contributed by atoms with Crippen LogP contribution in [0.2, 0.25) is 0 Å². The normalized spacial score (nSPS) is 31.4. The molecule has 17 heavy (non-hydrogen) atoms. The van der Waals surface area contributed by atoms with Gasteiger partial charge in [0.2, 0.25) is 0 Å². The van der Waals surface area contributed by atoms with Gasteiger partial charge < -0.3 is 5.32 Å². The van der Waals surface area contributed by atoms with Gasteiger partial charge in [-0.15, -0.1) is 0 Å². The summed E-state index contributed by atoms with van der Waals surface area (Å²) in [6, 6.07) is 0.688. The van der Waals surface area contributed by atoms with Crippen LogP contribution in [0, 0.1) is 11.8 Å². The zero-order valence-electron chi connectivity index (χ0n) is 12.7. The summed E-state index contributed by atoms with van der Waals surface area (Å²) in [5, 5.41) is 3.75. The topological polar surface area (TPSA) is 15.3 Å². The molecule has 0 spiro atoms. The molecule has 0 radical (unpaired) electrons. The third-order valence-electron chi connectivity index (χ3n) is 4.08. The highest BCUT2D eigenvalue weighted by Gasteiger charge is 2.36. The molecule has 0 aromatic rings. The van der Waals surface area contributed by atoms with Crippen molar-refractivity contribution in [2.24, 2.45) is 11.8 Å². The average Bonchev–Trinajstić information content (AvgIpc) is 2.22. The highest BCUT2D eigenvalue weighted by molar-refractivity contribution is 4.95. The molecule has 2 heteroatoms. The van der Waals surface area contributed by atoms with E-state index >= 15 is 0 Å². The number of hydrogen-bond donors (Lipinski definition) is 1. The van der Waals surface area contributed by atoms with Gasteiger partial charge in [-0.3, -0.25) is 4.90 Å². The molecule has 0 aliphatic carbocycles. The second-order valence-electron chi connectivity index (χ2n) is 6.86. The smallest absolute Gasteiger partial charge is 0.0304 e. The molecule has 2 unspecified atom stereocenters. The van der Waals surface area contributed by atoms with Gasteiger partial charge in [-0.25, -0.2) is 0 Å². The monoisotopic (exact) mass is 240 g/mol. The lowest BCUT2D eigenvalue weighted by Gasteiger charge is -2.49. The van der Waals surface area contributed by atoms with Crippen molar-refractivity contribution in [3.05, 3.63) is 0 Å². The third kappa shape index (κ3) is 4.26. The predicted octanol–water partition coefficient (Wildman–Crippen LogP) is 3.13. The SMILES string of the molecule is CCC1(C)CNC(CC(C)C)CN1CC(C)C. The molecule has 2 atom stereocenters. The maximum absolute atomic E-state index is 3.75. The minimum Gasteiger partial charge on any atom is -0.311 e. The first kappa shape index (κ1) is 15.0. The van der Waals surface area contributed by atoms with Gasteiger partial charge in [-0.1, -0.05) is 34.6 Å². The zero-order chi connectivity index (χ0) is 13.1. The Bertz CT molecular complexity index is 225. The van der Waals surface area contributed by atoms with Crippen molar-refractivity contribution in [1.82, 2.24) is 10.2 Å². The molecule has 102 valence electrons. The molecule has 2 nitrogen and oxygen atoms in total. The van der Waals surface area contributed by atoms with Crippen LogP contribution in [0.5, 0.6) is 0 Å². The van der Waals surface area contributed by atoms with Crippen LogP contribution in [0.15, 0.2) is 0 Å². The van der Waals surface area contributed by atoms with E-state index in [-0.39, 0.29) is 0 Å². The van der Waals surface area contributed by atoms with Crippen LogP contribution in [0.3, 0.4) is 0 Å². The van der Waals surface area contributed by atoms with Gasteiger partial charge in [0, 0.05) is 31.2 Å². The molecular weight excluding hydrogens is 208 g/mol. The van der Waals surface area contributed by atoms with Crippen LogP contribution in [-0.2, 0) is 0 Å². The Balaban J connectivity index is 2.63. The molecule has 1 rings (SSSR count). The molecule has 1 aliphatic heterocycles. The Morgan fingerprint density at radius 1 is 1.24 bits per heavy atom. The van der Waals surface area contributed by atoms with E-state index in [1.165, 1.54) is 25.9 Å². The van der Waals surface area contributed by atoms with Crippen molar-refractivity contribution in [3.8, 4) is 0 Å². The van der Waals surface area contributed by atoms with Crippen molar-refractivity contribution in [1.29, 1.82) is 0 Å². The number of rotatable bonds is 5. The second-order valence-corrected chi connectivity index (χ2v) is 6.86. The van der Waals surface area contributed by atoms with E-state index in [9.17, 15) is 0 Å². The molecule has 1 N–H and O–H groups in total. The van der Waals surface area contributed by atoms with Gasteiger partial charge in [-0.05, 0) is 31.6 Å². The van der Waals surface area contributed by atoms with Crippen LogP contribution in [-0.4, -0.2) is 36.1 Å². The summed E-state index contributed by atoms with van der Waals surface area (Å²) in [4.78, 5) is 2.72. The summed E-state index contributed by atoms with van der Waals surface area (Å²) >= 11 is 0. The minimum absolute atomic E-state index is 0.359. The summed E-state index contributed by atoms with van der Waals surface area (Å²) in [6.45, 7) is 17.6. The molecule has 1 fully saturated rings. The molecule has 0 aromatic carbocycles. The Morgan fingerprint density at radius 3 is 2.35 bits per heavy atom. The largest absolute Gasteiger partial charge is 0.311 e. The van der Waals surface area contributed by atoms with Gasteiger partial charge >= 0.3 is 0 Å². The van der Waals surface area contributed by atoms with Crippen molar-refractivity contribution < 1.29 is 0 Å². The number of piperazine rings is 1. The van der Waals surface area contributed by atoms with E-state index in [4.69, 9.17) is 0 Å². The number of hydrogen-bond acceptors (Lipinski definition) is 2. The Morgan fingerprint density at radius 2 is 1.88 bits per heavy atom. The van der Waals surface area contributed by atoms with E-state index < -0.39 is 0 Å². The summed E-state index contributed by atoms with van der Waals surface area (Å²) in [5.41, 5.74) is 0.359. The van der Waals surface area contributed by atoms with Crippen molar-refractivity contribution in [2.75, 3.05) is 19.6 Å². The highest BCUT2D eigenvalue weighted by Crippen LogP contribution is 2.25. The van der Waals surface area contributed by atoms with Gasteiger partial charge in [0.15, 0.2) is 0 Å². The summed E-state index contributed by atoms with van der Waals surface area (Å²) < 4.78 is 0. The third-order valence-corrected chi connectivity index (χ3v) is 4.08. The average molecular weight is 240 g/mol. The fraction of sp³-hybridized carbons (Fsp3) is 1.00. The quantitative estimate of drug-likeness (QED) is 0.794. The maximum Gasteiger partial charge on any atom is 0.0304 e. The molecule has 1 aliphatic rings. The first-order valence-electron chi connectivity index (χ1n) is 7.35.